The number of thioether (sulfide) groups is 1. The van der Waals surface area contributed by atoms with Crippen molar-refractivity contribution in [2.24, 2.45) is 5.73 Å². The molecule has 0 saturated heterocycles. The molecule has 0 radical (unpaired) electrons. The van der Waals surface area contributed by atoms with Crippen LogP contribution in [-0.4, -0.2) is 5.75 Å². The SMILES string of the molecule is Cc1ccccc1CSCC(N)c1cc(F)ccc1F. The van der Waals surface area contributed by atoms with E-state index in [1.54, 1.807) is 11.8 Å². The first-order chi connectivity index (χ1) is 9.58. The lowest BCUT2D eigenvalue weighted by Crippen LogP contribution is -2.15. The van der Waals surface area contributed by atoms with E-state index in [0.717, 1.165) is 17.9 Å². The number of nitrogens with two attached hydrogens (primary N) is 1. The third kappa shape index (κ3) is 3.81. The van der Waals surface area contributed by atoms with Gasteiger partial charge in [0.2, 0.25) is 0 Å². The van der Waals surface area contributed by atoms with Gasteiger partial charge in [0.1, 0.15) is 11.6 Å². The zero-order chi connectivity index (χ0) is 14.5. The van der Waals surface area contributed by atoms with Gasteiger partial charge in [-0.15, -0.1) is 0 Å². The van der Waals surface area contributed by atoms with Crippen molar-refractivity contribution in [3.63, 3.8) is 0 Å². The second kappa shape index (κ2) is 6.86. The summed E-state index contributed by atoms with van der Waals surface area (Å²) in [6.07, 6.45) is 0. The fourth-order valence-corrected chi connectivity index (χ4v) is 3.05. The predicted molar refractivity (Wildman–Crippen MR) is 80.6 cm³/mol. The first-order valence-electron chi connectivity index (χ1n) is 6.40. The molecule has 0 saturated carbocycles. The molecule has 2 N–H and O–H groups in total. The molecule has 1 nitrogen and oxygen atoms in total. The standard InChI is InChI=1S/C16H17F2NS/c1-11-4-2-3-5-12(11)9-20-10-16(19)14-8-13(17)6-7-15(14)18/h2-8,16H,9-10,19H2,1H3. The molecular formula is C16H17F2NS. The molecular weight excluding hydrogens is 276 g/mol. The van der Waals surface area contributed by atoms with Crippen LogP contribution in [-0.2, 0) is 5.75 Å². The Labute approximate surface area is 122 Å². The van der Waals surface area contributed by atoms with Crippen molar-refractivity contribution in [1.29, 1.82) is 0 Å². The minimum absolute atomic E-state index is 0.238. The third-order valence-corrected chi connectivity index (χ3v) is 4.28. The van der Waals surface area contributed by atoms with Gasteiger partial charge in [0, 0.05) is 23.1 Å². The Morgan fingerprint density at radius 1 is 1.15 bits per heavy atom. The lowest BCUT2D eigenvalue weighted by Gasteiger charge is -2.13. The summed E-state index contributed by atoms with van der Waals surface area (Å²) >= 11 is 1.62. The number of benzene rings is 2. The Morgan fingerprint density at radius 2 is 1.90 bits per heavy atom. The Hall–Kier alpha value is -1.39. The van der Waals surface area contributed by atoms with Crippen molar-refractivity contribution in [2.45, 2.75) is 18.7 Å². The number of aryl methyl sites for hydroxylation is 1. The summed E-state index contributed by atoms with van der Waals surface area (Å²) in [5.41, 5.74) is 8.65. The normalized spacial score (nSPS) is 12.4. The van der Waals surface area contributed by atoms with Crippen molar-refractivity contribution in [3.8, 4) is 0 Å². The maximum absolute atomic E-state index is 13.6. The molecule has 0 fully saturated rings. The van der Waals surface area contributed by atoms with E-state index in [-0.39, 0.29) is 5.56 Å². The summed E-state index contributed by atoms with van der Waals surface area (Å²) in [6.45, 7) is 2.06. The molecule has 20 heavy (non-hydrogen) atoms. The fraction of sp³-hybridized carbons (Fsp3) is 0.250. The zero-order valence-corrected chi connectivity index (χ0v) is 12.1. The zero-order valence-electron chi connectivity index (χ0n) is 11.3. The Kier molecular flexibility index (Phi) is 5.15. The third-order valence-electron chi connectivity index (χ3n) is 3.17. The van der Waals surface area contributed by atoms with E-state index in [2.05, 4.69) is 19.1 Å². The van der Waals surface area contributed by atoms with Gasteiger partial charge in [-0.05, 0) is 36.2 Å². The minimum Gasteiger partial charge on any atom is -0.323 e. The lowest BCUT2D eigenvalue weighted by molar-refractivity contribution is 0.573. The molecule has 1 atom stereocenters. The molecule has 2 aromatic carbocycles. The number of hydrogen-bond acceptors (Lipinski definition) is 2. The van der Waals surface area contributed by atoms with Gasteiger partial charge < -0.3 is 5.73 Å². The van der Waals surface area contributed by atoms with E-state index in [9.17, 15) is 8.78 Å². The monoisotopic (exact) mass is 293 g/mol. The fourth-order valence-electron chi connectivity index (χ4n) is 1.96. The van der Waals surface area contributed by atoms with Crippen LogP contribution in [0.2, 0.25) is 0 Å². The van der Waals surface area contributed by atoms with Crippen LogP contribution in [0.15, 0.2) is 42.5 Å². The molecule has 2 rings (SSSR count). The van der Waals surface area contributed by atoms with E-state index >= 15 is 0 Å². The van der Waals surface area contributed by atoms with Gasteiger partial charge in [-0.3, -0.25) is 0 Å². The lowest BCUT2D eigenvalue weighted by atomic mass is 10.1. The summed E-state index contributed by atoms with van der Waals surface area (Å²) in [5, 5.41) is 0. The maximum atomic E-state index is 13.6. The first-order valence-corrected chi connectivity index (χ1v) is 7.56. The molecule has 0 aromatic heterocycles. The van der Waals surface area contributed by atoms with Crippen molar-refractivity contribution in [3.05, 3.63) is 70.8 Å². The summed E-state index contributed by atoms with van der Waals surface area (Å²) in [7, 11) is 0. The van der Waals surface area contributed by atoms with Gasteiger partial charge in [-0.2, -0.15) is 11.8 Å². The highest BCUT2D eigenvalue weighted by Gasteiger charge is 2.12. The minimum atomic E-state index is -0.500. The Morgan fingerprint density at radius 3 is 2.65 bits per heavy atom. The average Bonchev–Trinajstić information content (AvgIpc) is 2.43. The molecule has 0 amide bonds. The summed E-state index contributed by atoms with van der Waals surface area (Å²) in [5.74, 6) is 0.461. The summed E-state index contributed by atoms with van der Waals surface area (Å²) < 4.78 is 26.7. The molecule has 0 spiro atoms. The van der Waals surface area contributed by atoms with E-state index in [4.69, 9.17) is 5.73 Å². The van der Waals surface area contributed by atoms with Crippen molar-refractivity contribution < 1.29 is 8.78 Å². The van der Waals surface area contributed by atoms with Crippen LogP contribution in [0.5, 0.6) is 0 Å². The van der Waals surface area contributed by atoms with E-state index in [1.165, 1.54) is 17.2 Å². The highest BCUT2D eigenvalue weighted by molar-refractivity contribution is 7.98. The Balaban J connectivity index is 1.94. The molecule has 0 bridgehead atoms. The number of hydrogen-bond donors (Lipinski definition) is 1. The number of rotatable bonds is 5. The second-order valence-corrected chi connectivity index (χ2v) is 5.74. The highest BCUT2D eigenvalue weighted by Crippen LogP contribution is 2.23. The van der Waals surface area contributed by atoms with Crippen molar-refractivity contribution in [1.82, 2.24) is 0 Å². The van der Waals surface area contributed by atoms with Gasteiger partial charge >= 0.3 is 0 Å². The average molecular weight is 293 g/mol. The molecule has 0 aliphatic carbocycles. The topological polar surface area (TPSA) is 26.0 Å². The quantitative estimate of drug-likeness (QED) is 0.894. The molecule has 2 aromatic rings. The Bertz CT molecular complexity index is 586. The molecule has 1 unspecified atom stereocenters. The van der Waals surface area contributed by atoms with Crippen LogP contribution in [0.25, 0.3) is 0 Å². The highest BCUT2D eigenvalue weighted by atomic mass is 32.2. The molecule has 0 heterocycles. The van der Waals surface area contributed by atoms with Crippen LogP contribution >= 0.6 is 11.8 Å². The molecule has 4 heteroatoms. The van der Waals surface area contributed by atoms with Gasteiger partial charge in [0.15, 0.2) is 0 Å². The summed E-state index contributed by atoms with van der Waals surface area (Å²) in [6, 6.07) is 11.0. The van der Waals surface area contributed by atoms with Crippen LogP contribution in [0, 0.1) is 18.6 Å². The van der Waals surface area contributed by atoms with Crippen LogP contribution in [0.1, 0.15) is 22.7 Å². The first kappa shape index (κ1) is 15.0. The smallest absolute Gasteiger partial charge is 0.128 e. The van der Waals surface area contributed by atoms with Gasteiger partial charge in [0.25, 0.3) is 0 Å². The van der Waals surface area contributed by atoms with Crippen molar-refractivity contribution in [2.75, 3.05) is 5.75 Å². The number of halogens is 2. The predicted octanol–water partition coefficient (Wildman–Crippen LogP) is 4.21. The maximum Gasteiger partial charge on any atom is 0.128 e. The van der Waals surface area contributed by atoms with E-state index in [0.29, 0.717) is 5.75 Å². The molecule has 106 valence electrons. The molecule has 0 aliphatic heterocycles. The van der Waals surface area contributed by atoms with Crippen LogP contribution in [0.3, 0.4) is 0 Å². The largest absolute Gasteiger partial charge is 0.323 e. The van der Waals surface area contributed by atoms with Crippen LogP contribution < -0.4 is 5.73 Å². The second-order valence-electron chi connectivity index (χ2n) is 4.71. The van der Waals surface area contributed by atoms with Gasteiger partial charge in [-0.25, -0.2) is 8.78 Å². The molecule has 0 aliphatic rings. The summed E-state index contributed by atoms with van der Waals surface area (Å²) in [4.78, 5) is 0. The van der Waals surface area contributed by atoms with E-state index < -0.39 is 17.7 Å². The van der Waals surface area contributed by atoms with E-state index in [1.807, 2.05) is 12.1 Å². The van der Waals surface area contributed by atoms with Gasteiger partial charge in [-0.1, -0.05) is 24.3 Å². The van der Waals surface area contributed by atoms with Crippen molar-refractivity contribution >= 4 is 11.8 Å². The van der Waals surface area contributed by atoms with Gasteiger partial charge in [0.05, 0.1) is 0 Å². The van der Waals surface area contributed by atoms with Crippen LogP contribution in [0.4, 0.5) is 8.78 Å².